The molecule has 14 nitrogen and oxygen atoms in total. The molecule has 0 saturated carbocycles. The van der Waals surface area contributed by atoms with Crippen molar-refractivity contribution in [1.82, 2.24) is 0 Å². The smallest absolute Gasteiger partial charge is 0.437 e. The lowest BCUT2D eigenvalue weighted by molar-refractivity contribution is -0.249. The van der Waals surface area contributed by atoms with E-state index in [4.69, 9.17) is 37.9 Å². The first-order valence-corrected chi connectivity index (χ1v) is 36.0. The molecule has 0 amide bonds. The Bertz CT molecular complexity index is 5590. The van der Waals surface area contributed by atoms with E-state index in [1.807, 2.05) is 135 Å². The van der Waals surface area contributed by atoms with Gasteiger partial charge in [-0.05, 0) is 123 Å². The summed E-state index contributed by atoms with van der Waals surface area (Å²) in [4.78, 5) is 30.0. The molecule has 2 aliphatic rings. The first-order valence-electron chi connectivity index (χ1n) is 36.0. The lowest BCUT2D eigenvalue weighted by Crippen LogP contribution is -2.43. The minimum absolute atomic E-state index is 0.0389. The largest absolute Gasteiger partial charge is 0.489 e. The van der Waals surface area contributed by atoms with Gasteiger partial charge in [0.15, 0.2) is 57.9 Å². The SMILES string of the molecule is CCN(CCOC(=O)c1cc(OCc2ccc3ccccc3c2)cc(OCc2ccc3ccccc3c2)c1)c1ccc(/C=C/C2=C(OCCOC(=O)c3cc(OCc4c(F)c(F)c(F)c(F)c4F)cc(OCc4c(F)c(F)c(F)c(F)c4F)c3)C(=C/C=C/C3=C(C#N)C(=C(C#N)C#N)OC3(c3ccccc3)C(F)(F)F)/CC(C)(C)C2)cc1. The van der Waals surface area contributed by atoms with Crippen molar-refractivity contribution in [3.8, 4) is 41.2 Å². The number of nitriles is 3. The summed E-state index contributed by atoms with van der Waals surface area (Å²) < 4.78 is 238. The third-order valence-corrected chi connectivity index (χ3v) is 19.1. The third kappa shape index (κ3) is 18.4. The van der Waals surface area contributed by atoms with Gasteiger partial charge >= 0.3 is 18.1 Å². The number of ether oxygens (including phenoxy) is 8. The molecule has 0 aromatic heterocycles. The Morgan fingerprint density at radius 3 is 1.44 bits per heavy atom. The van der Waals surface area contributed by atoms with E-state index in [1.165, 1.54) is 42.5 Å². The van der Waals surface area contributed by atoms with Gasteiger partial charge in [0.1, 0.15) is 98.8 Å². The molecule has 1 unspecified atom stereocenters. The maximum absolute atomic E-state index is 15.9. The molecule has 0 bridgehead atoms. The van der Waals surface area contributed by atoms with Crippen LogP contribution >= 0.6 is 0 Å². The number of hydrogen-bond donors (Lipinski definition) is 0. The lowest BCUT2D eigenvalue weighted by Gasteiger charge is -2.34. The maximum atomic E-state index is 15.9. The molecule has 10 aromatic rings. The number of likely N-dealkylation sites (N-methyl/N-ethyl adjacent to an activating group) is 1. The molecule has 596 valence electrons. The van der Waals surface area contributed by atoms with Crippen molar-refractivity contribution in [2.24, 2.45) is 5.41 Å². The molecule has 1 aliphatic heterocycles. The fraction of sp³-hybridized carbons (Fsp3) is 0.189. The molecule has 1 aliphatic carbocycles. The van der Waals surface area contributed by atoms with Gasteiger partial charge in [-0.3, -0.25) is 0 Å². The van der Waals surface area contributed by atoms with Crippen LogP contribution < -0.4 is 23.8 Å². The van der Waals surface area contributed by atoms with Crippen LogP contribution in [0.25, 0.3) is 27.6 Å². The van der Waals surface area contributed by atoms with Gasteiger partial charge in [0.2, 0.25) is 11.6 Å². The molecule has 0 N–H and O–H groups in total. The summed E-state index contributed by atoms with van der Waals surface area (Å²) >= 11 is 0. The molecular weight excluding hydrogens is 1540 g/mol. The summed E-state index contributed by atoms with van der Waals surface area (Å²) in [7, 11) is 0. The minimum atomic E-state index is -5.34. The first-order chi connectivity index (χ1) is 56.1. The number of rotatable bonds is 28. The van der Waals surface area contributed by atoms with Crippen LogP contribution in [0.2, 0.25) is 0 Å². The van der Waals surface area contributed by atoms with Crippen LogP contribution in [-0.4, -0.2) is 51.0 Å². The monoisotopic (exact) mass is 1610 g/mol. The molecule has 12 rings (SSSR count). The van der Waals surface area contributed by atoms with Gasteiger partial charge in [-0.25, -0.2) is 53.5 Å². The zero-order valence-corrected chi connectivity index (χ0v) is 62.2. The predicted molar refractivity (Wildman–Crippen MR) is 404 cm³/mol. The van der Waals surface area contributed by atoms with Crippen LogP contribution in [0.3, 0.4) is 0 Å². The normalized spacial score (nSPS) is 15.0. The van der Waals surface area contributed by atoms with E-state index in [0.29, 0.717) is 34.8 Å². The van der Waals surface area contributed by atoms with Gasteiger partial charge < -0.3 is 42.8 Å². The van der Waals surface area contributed by atoms with E-state index >= 15 is 13.2 Å². The van der Waals surface area contributed by atoms with Crippen LogP contribution in [0.1, 0.15) is 87.7 Å². The summed E-state index contributed by atoms with van der Waals surface area (Å²) in [6, 6.07) is 53.4. The predicted octanol–water partition coefficient (Wildman–Crippen LogP) is 21.4. The zero-order valence-electron chi connectivity index (χ0n) is 62.2. The maximum Gasteiger partial charge on any atom is 0.437 e. The van der Waals surface area contributed by atoms with Crippen molar-refractivity contribution in [2.45, 2.75) is 71.8 Å². The highest BCUT2D eigenvalue weighted by atomic mass is 19.4. The number of carbonyl (C=O) groups excluding carboxylic acids is 2. The quantitative estimate of drug-likeness (QED) is 0.0113. The number of anilines is 1. The number of benzene rings is 10. The van der Waals surface area contributed by atoms with Gasteiger partial charge in [0.25, 0.3) is 5.60 Å². The molecular formula is C90H65F13N4O10. The Hall–Kier alpha value is -13.7. The molecule has 117 heavy (non-hydrogen) atoms. The Balaban J connectivity index is 0.808. The number of alkyl halides is 3. The minimum Gasteiger partial charge on any atom is -0.489 e. The van der Waals surface area contributed by atoms with Crippen molar-refractivity contribution in [2.75, 3.05) is 37.8 Å². The van der Waals surface area contributed by atoms with E-state index in [1.54, 1.807) is 36.4 Å². The van der Waals surface area contributed by atoms with Crippen molar-refractivity contribution >= 4 is 45.2 Å². The first kappa shape index (κ1) is 82.7. The van der Waals surface area contributed by atoms with Gasteiger partial charge in [-0.15, -0.1) is 0 Å². The number of esters is 2. The van der Waals surface area contributed by atoms with Crippen molar-refractivity contribution in [1.29, 1.82) is 15.8 Å². The molecule has 1 heterocycles. The second kappa shape index (κ2) is 35.7. The second-order valence-corrected chi connectivity index (χ2v) is 27.5. The van der Waals surface area contributed by atoms with Crippen molar-refractivity contribution < 1.29 is 105 Å². The highest BCUT2D eigenvalue weighted by Crippen LogP contribution is 2.56. The van der Waals surface area contributed by atoms with Gasteiger partial charge in [0, 0.05) is 35.5 Å². The Kier molecular flexibility index (Phi) is 25.3. The number of halogens is 13. The van der Waals surface area contributed by atoms with Crippen LogP contribution in [-0.2, 0) is 51.0 Å². The Labute approximate surface area is 661 Å². The number of allylic oxidation sites excluding steroid dienone is 7. The fourth-order valence-corrected chi connectivity index (χ4v) is 13.3. The number of hydrogen-bond acceptors (Lipinski definition) is 14. The van der Waals surface area contributed by atoms with E-state index in [0.717, 1.165) is 74.8 Å². The van der Waals surface area contributed by atoms with Gasteiger partial charge in [0.05, 0.1) is 28.8 Å². The van der Waals surface area contributed by atoms with Crippen LogP contribution in [0.4, 0.5) is 62.8 Å². The number of nitrogens with zero attached hydrogens (tertiary/aromatic N) is 4. The molecule has 10 aromatic carbocycles. The standard InChI is InChI=1S/C90H65F13N4O10/c1-4-107(31-32-111-86(108)61-37-66(113-48-53-22-26-55-13-8-10-15-57(55)35-53)41-67(38-61)114-49-54-23-27-56-14-9-11-16-58(56)36-54)65-29-24-52(25-30-65)21-28-60-44-88(2,3)43-59(17-12-20-73-70(47-106)85(63(45-104)46-105)117-89(73,90(101,102)103)64-18-6-5-7-19-64)84(60)110-33-34-112-87(109)62-39-68(115-50-71-74(91)78(95)82(99)79(96)75(71)92)42-69(40-62)116-51-72-76(93)80(97)83(100)81(98)77(72)94/h5-30,35-42H,4,31-34,43-44,48-51H2,1-3H3/b20-12+,28-21+,59-17+. The van der Waals surface area contributed by atoms with Crippen LogP contribution in [0.5, 0.6) is 23.0 Å². The van der Waals surface area contributed by atoms with E-state index in [9.17, 15) is 69.3 Å². The molecule has 0 saturated heterocycles. The van der Waals surface area contributed by atoms with E-state index < -0.39 is 170 Å². The van der Waals surface area contributed by atoms with Gasteiger partial charge in [-0.2, -0.15) is 29.0 Å². The van der Waals surface area contributed by atoms with Crippen molar-refractivity contribution in [3.63, 3.8) is 0 Å². The summed E-state index contributed by atoms with van der Waals surface area (Å²) in [5.74, 6) is -26.9. The molecule has 0 radical (unpaired) electrons. The fourth-order valence-electron chi connectivity index (χ4n) is 13.3. The Morgan fingerprint density at radius 1 is 0.504 bits per heavy atom. The van der Waals surface area contributed by atoms with Crippen molar-refractivity contribution in [3.05, 3.63) is 342 Å². The highest BCUT2D eigenvalue weighted by Gasteiger charge is 2.65. The molecule has 0 fully saturated rings. The average molecular weight is 1610 g/mol. The van der Waals surface area contributed by atoms with E-state index in [-0.39, 0.29) is 50.5 Å². The summed E-state index contributed by atoms with van der Waals surface area (Å²) in [6.45, 7) is 2.72. The molecule has 27 heteroatoms. The Morgan fingerprint density at radius 2 is 0.966 bits per heavy atom. The molecule has 1 atom stereocenters. The second-order valence-electron chi connectivity index (χ2n) is 27.5. The van der Waals surface area contributed by atoms with Crippen LogP contribution in [0.15, 0.2) is 240 Å². The highest BCUT2D eigenvalue weighted by molar-refractivity contribution is 5.91. The average Bonchev–Trinajstić information content (AvgIpc) is 1.57. The summed E-state index contributed by atoms with van der Waals surface area (Å²) in [5, 5.41) is 34.5. The number of carbonyl (C=O) groups is 2. The number of fused-ring (bicyclic) bond motifs is 2. The third-order valence-electron chi connectivity index (χ3n) is 19.1. The summed E-state index contributed by atoms with van der Waals surface area (Å²) in [6.07, 6.45) is 2.07. The molecule has 0 spiro atoms. The zero-order chi connectivity index (χ0) is 83.5. The summed E-state index contributed by atoms with van der Waals surface area (Å²) in [5.41, 5.74) is -6.49. The van der Waals surface area contributed by atoms with Crippen LogP contribution in [0, 0.1) is 97.6 Å². The van der Waals surface area contributed by atoms with Gasteiger partial charge in [-0.1, -0.05) is 159 Å². The topological polar surface area (TPSA) is 183 Å². The van der Waals surface area contributed by atoms with E-state index in [2.05, 4.69) is 0 Å². The lowest BCUT2D eigenvalue weighted by atomic mass is 9.74.